The number of nitrogens with zero attached hydrogens (tertiary/aromatic N) is 1. The molecule has 0 saturated carbocycles. The summed E-state index contributed by atoms with van der Waals surface area (Å²) in [6.07, 6.45) is 3.20. The van der Waals surface area contributed by atoms with Gasteiger partial charge < -0.3 is 10.1 Å². The van der Waals surface area contributed by atoms with Crippen LogP contribution in [0.1, 0.15) is 6.92 Å². The highest BCUT2D eigenvalue weighted by atomic mass is 35.5. The molecule has 0 radical (unpaired) electrons. The van der Waals surface area contributed by atoms with Crippen LogP contribution in [0.3, 0.4) is 0 Å². The fourth-order valence-corrected chi connectivity index (χ4v) is 1.17. The number of pyridine rings is 1. The molecule has 0 atom stereocenters. The Morgan fingerprint density at radius 2 is 2.40 bits per heavy atom. The van der Waals surface area contributed by atoms with Gasteiger partial charge in [0.1, 0.15) is 12.4 Å². The molecule has 1 heterocycles. The predicted molar refractivity (Wildman–Crippen MR) is 62.4 cm³/mol. The van der Waals surface area contributed by atoms with E-state index in [-0.39, 0.29) is 0 Å². The lowest BCUT2D eigenvalue weighted by molar-refractivity contribution is 0.347. The molecule has 0 unspecified atom stereocenters. The van der Waals surface area contributed by atoms with Crippen molar-refractivity contribution < 1.29 is 4.74 Å². The highest BCUT2D eigenvalue weighted by Crippen LogP contribution is 2.15. The van der Waals surface area contributed by atoms with Crippen molar-refractivity contribution in [2.45, 2.75) is 6.92 Å². The average Bonchev–Trinajstić information content (AvgIpc) is 2.23. The zero-order valence-corrected chi connectivity index (χ0v) is 9.55. The van der Waals surface area contributed by atoms with E-state index in [1.54, 1.807) is 18.5 Å². The van der Waals surface area contributed by atoms with E-state index in [0.717, 1.165) is 18.7 Å². The first-order valence-corrected chi connectivity index (χ1v) is 5.21. The molecule has 4 heteroatoms. The highest BCUT2D eigenvalue weighted by Gasteiger charge is 1.98. The quantitative estimate of drug-likeness (QED) is 0.756. The maximum atomic E-state index is 5.77. The molecule has 0 amide bonds. The van der Waals surface area contributed by atoms with Gasteiger partial charge in [0.2, 0.25) is 0 Å². The summed E-state index contributed by atoms with van der Waals surface area (Å²) in [5.41, 5.74) is 0.997. The second-order valence-electron chi connectivity index (χ2n) is 3.16. The van der Waals surface area contributed by atoms with Crippen molar-refractivity contribution in [1.82, 2.24) is 10.3 Å². The summed E-state index contributed by atoms with van der Waals surface area (Å²) in [4.78, 5) is 3.92. The van der Waals surface area contributed by atoms with E-state index in [1.807, 2.05) is 0 Å². The largest absolute Gasteiger partial charge is 0.488 e. The molecule has 0 aliphatic rings. The van der Waals surface area contributed by atoms with E-state index in [4.69, 9.17) is 16.3 Å². The van der Waals surface area contributed by atoms with Gasteiger partial charge in [-0.15, -0.1) is 0 Å². The molecular weight excluding hydrogens is 212 g/mol. The molecule has 0 aliphatic carbocycles. The molecule has 82 valence electrons. The molecular formula is C11H15ClN2O. The minimum absolute atomic E-state index is 0.481. The van der Waals surface area contributed by atoms with Gasteiger partial charge in [-0.05, 0) is 12.1 Å². The molecule has 3 nitrogen and oxygen atoms in total. The number of halogens is 1. The molecule has 1 aromatic heterocycles. The van der Waals surface area contributed by atoms with Gasteiger partial charge in [-0.1, -0.05) is 25.1 Å². The predicted octanol–water partition coefficient (Wildman–Crippen LogP) is 2.28. The van der Waals surface area contributed by atoms with Gasteiger partial charge in [-0.25, -0.2) is 0 Å². The second kappa shape index (κ2) is 6.43. The Kier molecular flexibility index (Phi) is 5.15. The third-order valence-corrected chi connectivity index (χ3v) is 1.95. The van der Waals surface area contributed by atoms with E-state index < -0.39 is 0 Å². The molecule has 1 rings (SSSR count). The molecule has 0 saturated heterocycles. The zero-order valence-electron chi connectivity index (χ0n) is 8.79. The summed E-state index contributed by atoms with van der Waals surface area (Å²) in [7, 11) is 0. The Morgan fingerprint density at radius 1 is 1.60 bits per heavy atom. The van der Waals surface area contributed by atoms with E-state index in [9.17, 15) is 0 Å². The fraction of sp³-hybridized carbons (Fsp3) is 0.364. The molecule has 1 N–H and O–H groups in total. The number of nitrogens with one attached hydrogen (secondary N) is 1. The maximum absolute atomic E-state index is 5.77. The van der Waals surface area contributed by atoms with E-state index in [1.165, 1.54) is 0 Å². The lowest BCUT2D eigenvalue weighted by atomic mass is 10.3. The van der Waals surface area contributed by atoms with Gasteiger partial charge in [0.15, 0.2) is 0 Å². The van der Waals surface area contributed by atoms with Crippen molar-refractivity contribution >= 4 is 11.6 Å². The number of ether oxygens (including phenoxy) is 1. The fourth-order valence-electron chi connectivity index (χ4n) is 1.01. The van der Waals surface area contributed by atoms with Gasteiger partial charge >= 0.3 is 0 Å². The normalized spacial score (nSPS) is 10.0. The van der Waals surface area contributed by atoms with Crippen LogP contribution in [0.4, 0.5) is 0 Å². The summed E-state index contributed by atoms with van der Waals surface area (Å²) < 4.78 is 5.46. The summed E-state index contributed by atoms with van der Waals surface area (Å²) >= 11 is 5.77. The van der Waals surface area contributed by atoms with Crippen LogP contribution < -0.4 is 10.1 Å². The van der Waals surface area contributed by atoms with Crippen molar-refractivity contribution in [1.29, 1.82) is 0 Å². The van der Waals surface area contributed by atoms with Crippen molar-refractivity contribution in [2.75, 3.05) is 19.7 Å². The zero-order chi connectivity index (χ0) is 11.1. The molecule has 0 bridgehead atoms. The molecule has 0 spiro atoms. The summed E-state index contributed by atoms with van der Waals surface area (Å²) in [6.45, 7) is 8.12. The van der Waals surface area contributed by atoms with Crippen LogP contribution in [-0.4, -0.2) is 24.7 Å². The Labute approximate surface area is 95.1 Å². The molecule has 0 aliphatic heterocycles. The Bertz CT molecular complexity index is 328. The number of rotatable bonds is 6. The van der Waals surface area contributed by atoms with Crippen LogP contribution in [0.15, 0.2) is 30.6 Å². The topological polar surface area (TPSA) is 34.1 Å². The third kappa shape index (κ3) is 4.81. The van der Waals surface area contributed by atoms with Crippen LogP contribution in [0.25, 0.3) is 0 Å². The average molecular weight is 227 g/mol. The lowest BCUT2D eigenvalue weighted by Gasteiger charge is -2.08. The minimum Gasteiger partial charge on any atom is -0.488 e. The summed E-state index contributed by atoms with van der Waals surface area (Å²) in [6, 6.07) is 1.73. The molecule has 1 aromatic rings. The first-order chi connectivity index (χ1) is 7.22. The van der Waals surface area contributed by atoms with Crippen molar-refractivity contribution in [3.05, 3.63) is 35.6 Å². The van der Waals surface area contributed by atoms with Gasteiger partial charge in [0, 0.05) is 18.8 Å². The van der Waals surface area contributed by atoms with Gasteiger partial charge in [-0.3, -0.25) is 4.98 Å². The number of hydrogen-bond acceptors (Lipinski definition) is 3. The van der Waals surface area contributed by atoms with Gasteiger partial charge in [0.05, 0.1) is 11.2 Å². The first-order valence-electron chi connectivity index (χ1n) is 4.83. The number of aromatic nitrogens is 1. The van der Waals surface area contributed by atoms with E-state index in [0.29, 0.717) is 17.4 Å². The number of hydrogen-bond donors (Lipinski definition) is 1. The summed E-state index contributed by atoms with van der Waals surface area (Å²) in [5, 5.41) is 3.75. The van der Waals surface area contributed by atoms with Crippen LogP contribution in [0.5, 0.6) is 5.75 Å². The Balaban J connectivity index is 2.33. The first kappa shape index (κ1) is 12.0. The highest BCUT2D eigenvalue weighted by molar-refractivity contribution is 6.30. The monoisotopic (exact) mass is 226 g/mol. The van der Waals surface area contributed by atoms with E-state index in [2.05, 4.69) is 23.8 Å². The minimum atomic E-state index is 0.481. The van der Waals surface area contributed by atoms with Gasteiger partial charge in [-0.2, -0.15) is 0 Å². The van der Waals surface area contributed by atoms with E-state index >= 15 is 0 Å². The smallest absolute Gasteiger partial charge is 0.139 e. The lowest BCUT2D eigenvalue weighted by Crippen LogP contribution is -2.18. The Morgan fingerprint density at radius 3 is 3.07 bits per heavy atom. The standard InChI is InChI=1S/C11H15ClN2O/c1-3-13-5-9(2)8-15-11-4-10(12)6-14-7-11/h4,6-7,13H,2-3,5,8H2,1H3. The van der Waals surface area contributed by atoms with Crippen LogP contribution in [-0.2, 0) is 0 Å². The summed E-state index contributed by atoms with van der Waals surface area (Å²) in [5.74, 6) is 0.667. The molecule has 0 aromatic carbocycles. The maximum Gasteiger partial charge on any atom is 0.139 e. The Hall–Kier alpha value is -1.06. The second-order valence-corrected chi connectivity index (χ2v) is 3.59. The van der Waals surface area contributed by atoms with Crippen LogP contribution >= 0.6 is 11.6 Å². The SMILES string of the molecule is C=C(CNCC)COc1cncc(Cl)c1. The van der Waals surface area contributed by atoms with Gasteiger partial charge in [0.25, 0.3) is 0 Å². The van der Waals surface area contributed by atoms with Crippen LogP contribution in [0, 0.1) is 0 Å². The molecule has 0 fully saturated rings. The van der Waals surface area contributed by atoms with Crippen LogP contribution in [0.2, 0.25) is 5.02 Å². The van der Waals surface area contributed by atoms with Crippen molar-refractivity contribution in [3.63, 3.8) is 0 Å². The van der Waals surface area contributed by atoms with Crippen molar-refractivity contribution in [2.24, 2.45) is 0 Å². The third-order valence-electron chi connectivity index (χ3n) is 1.75. The van der Waals surface area contributed by atoms with Crippen molar-refractivity contribution in [3.8, 4) is 5.75 Å². The molecule has 15 heavy (non-hydrogen) atoms. The number of likely N-dealkylation sites (N-methyl/N-ethyl adjacent to an activating group) is 1.